The first kappa shape index (κ1) is 10.8. The fourth-order valence-electron chi connectivity index (χ4n) is 1.39. The van der Waals surface area contributed by atoms with Crippen LogP contribution in [0.1, 0.15) is 0 Å². The third-order valence-electron chi connectivity index (χ3n) is 2.16. The number of sulfonamides is 1. The Kier molecular flexibility index (Phi) is 2.72. The number of hydrogen-bond acceptors (Lipinski definition) is 3. The number of hydrogen-bond donors (Lipinski definition) is 1. The standard InChI is InChI=1S/C11H10N2O2S/c12-16(14,15)11-5-1-3-9(7-11)10-4-2-6-13-8-10/h1-8H,(H2,12,14,15). The van der Waals surface area contributed by atoms with Gasteiger partial charge in [-0.05, 0) is 23.8 Å². The molecule has 0 unspecified atom stereocenters. The van der Waals surface area contributed by atoms with Crippen LogP contribution in [0.15, 0.2) is 53.7 Å². The fraction of sp³-hybridized carbons (Fsp3) is 0. The van der Waals surface area contributed by atoms with E-state index < -0.39 is 10.0 Å². The third kappa shape index (κ3) is 2.26. The van der Waals surface area contributed by atoms with Gasteiger partial charge in [0.15, 0.2) is 0 Å². The maximum absolute atomic E-state index is 11.2. The van der Waals surface area contributed by atoms with Crippen molar-refractivity contribution < 1.29 is 8.42 Å². The molecule has 0 radical (unpaired) electrons. The van der Waals surface area contributed by atoms with Gasteiger partial charge in [-0.2, -0.15) is 0 Å². The Labute approximate surface area is 93.8 Å². The average molecular weight is 234 g/mol. The highest BCUT2D eigenvalue weighted by molar-refractivity contribution is 7.89. The van der Waals surface area contributed by atoms with E-state index in [-0.39, 0.29) is 4.90 Å². The Morgan fingerprint density at radius 2 is 1.81 bits per heavy atom. The summed E-state index contributed by atoms with van der Waals surface area (Å²) in [6.45, 7) is 0. The van der Waals surface area contributed by atoms with Crippen LogP contribution < -0.4 is 5.14 Å². The monoisotopic (exact) mass is 234 g/mol. The molecule has 5 heteroatoms. The highest BCUT2D eigenvalue weighted by Crippen LogP contribution is 2.20. The van der Waals surface area contributed by atoms with E-state index in [4.69, 9.17) is 5.14 Å². The van der Waals surface area contributed by atoms with Crippen LogP contribution in [0.3, 0.4) is 0 Å². The molecule has 82 valence electrons. The number of rotatable bonds is 2. The average Bonchev–Trinajstić information content (AvgIpc) is 2.29. The highest BCUT2D eigenvalue weighted by Gasteiger charge is 2.08. The van der Waals surface area contributed by atoms with E-state index in [1.165, 1.54) is 12.1 Å². The molecule has 2 rings (SSSR count). The highest BCUT2D eigenvalue weighted by atomic mass is 32.2. The van der Waals surface area contributed by atoms with Crippen LogP contribution >= 0.6 is 0 Å². The summed E-state index contributed by atoms with van der Waals surface area (Å²) in [5.41, 5.74) is 1.63. The number of nitrogens with zero attached hydrogens (tertiary/aromatic N) is 1. The maximum Gasteiger partial charge on any atom is 0.238 e. The van der Waals surface area contributed by atoms with Crippen LogP contribution in [0.4, 0.5) is 0 Å². The Bertz CT molecular complexity index is 594. The van der Waals surface area contributed by atoms with Crippen molar-refractivity contribution in [3.05, 3.63) is 48.8 Å². The molecule has 0 atom stereocenters. The smallest absolute Gasteiger partial charge is 0.238 e. The molecular weight excluding hydrogens is 224 g/mol. The van der Waals surface area contributed by atoms with Crippen LogP contribution in [0, 0.1) is 0 Å². The van der Waals surface area contributed by atoms with E-state index in [0.717, 1.165) is 11.1 Å². The molecule has 16 heavy (non-hydrogen) atoms. The summed E-state index contributed by atoms with van der Waals surface area (Å²) < 4.78 is 22.4. The van der Waals surface area contributed by atoms with Crippen molar-refractivity contribution in [2.24, 2.45) is 5.14 Å². The van der Waals surface area contributed by atoms with Crippen LogP contribution in [0.5, 0.6) is 0 Å². The number of aromatic nitrogens is 1. The first-order chi connectivity index (χ1) is 7.57. The van der Waals surface area contributed by atoms with E-state index in [1.54, 1.807) is 24.5 Å². The minimum atomic E-state index is -3.65. The Hall–Kier alpha value is -1.72. The summed E-state index contributed by atoms with van der Waals surface area (Å²) in [5.74, 6) is 0. The zero-order valence-corrected chi connectivity index (χ0v) is 9.18. The number of primary sulfonamides is 1. The molecule has 0 aliphatic rings. The molecule has 0 amide bonds. The molecule has 0 spiro atoms. The molecule has 0 aliphatic carbocycles. The second kappa shape index (κ2) is 4.03. The van der Waals surface area contributed by atoms with Gasteiger partial charge in [0.2, 0.25) is 10.0 Å². The molecule has 0 bridgehead atoms. The molecular formula is C11H10N2O2S. The first-order valence-corrected chi connectivity index (χ1v) is 6.15. The van der Waals surface area contributed by atoms with Crippen molar-refractivity contribution >= 4 is 10.0 Å². The lowest BCUT2D eigenvalue weighted by molar-refractivity contribution is 0.598. The minimum Gasteiger partial charge on any atom is -0.264 e. The fourth-order valence-corrected chi connectivity index (χ4v) is 1.95. The zero-order chi connectivity index (χ0) is 11.6. The van der Waals surface area contributed by atoms with Gasteiger partial charge in [0, 0.05) is 18.0 Å². The van der Waals surface area contributed by atoms with Crippen molar-refractivity contribution in [1.82, 2.24) is 4.98 Å². The van der Waals surface area contributed by atoms with Gasteiger partial charge in [0.25, 0.3) is 0 Å². The van der Waals surface area contributed by atoms with Crippen molar-refractivity contribution in [2.45, 2.75) is 4.90 Å². The van der Waals surface area contributed by atoms with Crippen molar-refractivity contribution in [3.8, 4) is 11.1 Å². The van der Waals surface area contributed by atoms with E-state index in [1.807, 2.05) is 12.1 Å². The molecule has 0 saturated heterocycles. The van der Waals surface area contributed by atoms with Crippen molar-refractivity contribution in [1.29, 1.82) is 0 Å². The summed E-state index contributed by atoms with van der Waals surface area (Å²) in [5, 5.41) is 5.06. The van der Waals surface area contributed by atoms with Gasteiger partial charge in [-0.15, -0.1) is 0 Å². The van der Waals surface area contributed by atoms with E-state index in [9.17, 15) is 8.42 Å². The Balaban J connectivity index is 2.53. The summed E-state index contributed by atoms with van der Waals surface area (Å²) in [6.07, 6.45) is 3.33. The normalized spacial score (nSPS) is 11.3. The second-order valence-corrected chi connectivity index (χ2v) is 4.88. The second-order valence-electron chi connectivity index (χ2n) is 3.31. The molecule has 4 nitrogen and oxygen atoms in total. The molecule has 2 N–H and O–H groups in total. The SMILES string of the molecule is NS(=O)(=O)c1cccc(-c2cccnc2)c1. The summed E-state index contributed by atoms with van der Waals surface area (Å²) in [7, 11) is -3.65. The lowest BCUT2D eigenvalue weighted by Crippen LogP contribution is -2.11. The molecule has 1 heterocycles. The van der Waals surface area contributed by atoms with Crippen molar-refractivity contribution in [3.63, 3.8) is 0 Å². The summed E-state index contributed by atoms with van der Waals surface area (Å²) in [6, 6.07) is 10.1. The van der Waals surface area contributed by atoms with Gasteiger partial charge in [-0.25, -0.2) is 13.6 Å². The zero-order valence-electron chi connectivity index (χ0n) is 8.37. The third-order valence-corrected chi connectivity index (χ3v) is 3.07. The van der Waals surface area contributed by atoms with Gasteiger partial charge >= 0.3 is 0 Å². The van der Waals surface area contributed by atoms with Gasteiger partial charge in [-0.3, -0.25) is 4.98 Å². The van der Waals surface area contributed by atoms with Crippen LogP contribution in [0.2, 0.25) is 0 Å². The molecule has 1 aromatic carbocycles. The minimum absolute atomic E-state index is 0.105. The molecule has 2 aromatic rings. The summed E-state index contributed by atoms with van der Waals surface area (Å²) in [4.78, 5) is 4.08. The first-order valence-electron chi connectivity index (χ1n) is 4.60. The van der Waals surface area contributed by atoms with Gasteiger partial charge in [0.05, 0.1) is 4.90 Å². The molecule has 0 fully saturated rings. The van der Waals surface area contributed by atoms with E-state index >= 15 is 0 Å². The largest absolute Gasteiger partial charge is 0.264 e. The van der Waals surface area contributed by atoms with Crippen LogP contribution in [0.25, 0.3) is 11.1 Å². The molecule has 1 aromatic heterocycles. The van der Waals surface area contributed by atoms with Crippen LogP contribution in [-0.2, 0) is 10.0 Å². The molecule has 0 saturated carbocycles. The van der Waals surface area contributed by atoms with Gasteiger partial charge < -0.3 is 0 Å². The maximum atomic E-state index is 11.2. The predicted octanol–water partition coefficient (Wildman–Crippen LogP) is 1.40. The Morgan fingerprint density at radius 3 is 2.44 bits per heavy atom. The number of benzene rings is 1. The summed E-state index contributed by atoms with van der Waals surface area (Å²) >= 11 is 0. The van der Waals surface area contributed by atoms with Gasteiger partial charge in [0.1, 0.15) is 0 Å². The lowest BCUT2D eigenvalue weighted by atomic mass is 10.1. The van der Waals surface area contributed by atoms with Gasteiger partial charge in [-0.1, -0.05) is 18.2 Å². The topological polar surface area (TPSA) is 73.1 Å². The quantitative estimate of drug-likeness (QED) is 0.853. The van der Waals surface area contributed by atoms with Crippen molar-refractivity contribution in [2.75, 3.05) is 0 Å². The van der Waals surface area contributed by atoms with E-state index in [2.05, 4.69) is 4.98 Å². The molecule has 0 aliphatic heterocycles. The van der Waals surface area contributed by atoms with E-state index in [0.29, 0.717) is 0 Å². The Morgan fingerprint density at radius 1 is 1.06 bits per heavy atom. The number of nitrogens with two attached hydrogens (primary N) is 1. The predicted molar refractivity (Wildman–Crippen MR) is 61.0 cm³/mol. The number of pyridine rings is 1. The van der Waals surface area contributed by atoms with Crippen LogP contribution in [-0.4, -0.2) is 13.4 Å². The lowest BCUT2D eigenvalue weighted by Gasteiger charge is -2.03.